The fraction of sp³-hybridized carbons (Fsp3) is 0.833. The minimum Gasteiger partial charge on any atom is -0.317 e. The highest BCUT2D eigenvalue weighted by Gasteiger charge is 2.35. The average molecular weight is 291 g/mol. The number of nitrogens with one attached hydrogen (secondary N) is 1. The second-order valence-electron chi connectivity index (χ2n) is 7.53. The SMILES string of the molecule is CCNCC1CCC(C)(C)CC1Cc1cc(C)nn1CC. The van der Waals surface area contributed by atoms with Gasteiger partial charge in [0.15, 0.2) is 0 Å². The average Bonchev–Trinajstić information content (AvgIpc) is 2.77. The Labute approximate surface area is 130 Å². The highest BCUT2D eigenvalue weighted by molar-refractivity contribution is 5.10. The van der Waals surface area contributed by atoms with E-state index >= 15 is 0 Å². The van der Waals surface area contributed by atoms with Crippen molar-refractivity contribution in [3.63, 3.8) is 0 Å². The highest BCUT2D eigenvalue weighted by Crippen LogP contribution is 2.43. The summed E-state index contributed by atoms with van der Waals surface area (Å²) in [6, 6.07) is 2.29. The van der Waals surface area contributed by atoms with Crippen molar-refractivity contribution < 1.29 is 0 Å². The Morgan fingerprint density at radius 3 is 2.76 bits per heavy atom. The third-order valence-corrected chi connectivity index (χ3v) is 5.09. The van der Waals surface area contributed by atoms with Gasteiger partial charge in [-0.15, -0.1) is 0 Å². The number of hydrogen-bond donors (Lipinski definition) is 1. The Morgan fingerprint density at radius 2 is 2.10 bits per heavy atom. The summed E-state index contributed by atoms with van der Waals surface area (Å²) in [6.45, 7) is 14.6. The summed E-state index contributed by atoms with van der Waals surface area (Å²) in [5, 5.41) is 8.19. The van der Waals surface area contributed by atoms with Crippen LogP contribution < -0.4 is 5.32 Å². The molecule has 1 aromatic heterocycles. The summed E-state index contributed by atoms with van der Waals surface area (Å²) in [4.78, 5) is 0. The molecule has 0 spiro atoms. The van der Waals surface area contributed by atoms with Crippen LogP contribution in [0.25, 0.3) is 0 Å². The van der Waals surface area contributed by atoms with Gasteiger partial charge in [-0.1, -0.05) is 20.8 Å². The van der Waals surface area contributed by atoms with Crippen LogP contribution in [-0.2, 0) is 13.0 Å². The molecule has 0 saturated heterocycles. The molecule has 3 nitrogen and oxygen atoms in total. The Kier molecular flexibility index (Phi) is 5.48. The maximum atomic E-state index is 4.62. The van der Waals surface area contributed by atoms with E-state index in [4.69, 9.17) is 0 Å². The van der Waals surface area contributed by atoms with Gasteiger partial charge >= 0.3 is 0 Å². The van der Waals surface area contributed by atoms with Crippen LogP contribution in [0.3, 0.4) is 0 Å². The van der Waals surface area contributed by atoms with Crippen molar-refractivity contribution >= 4 is 0 Å². The van der Waals surface area contributed by atoms with Gasteiger partial charge in [0.05, 0.1) is 5.69 Å². The Hall–Kier alpha value is -0.830. The molecule has 0 radical (unpaired) electrons. The van der Waals surface area contributed by atoms with Crippen LogP contribution in [0.1, 0.15) is 58.3 Å². The molecule has 1 aromatic rings. The molecule has 2 atom stereocenters. The first-order valence-electron chi connectivity index (χ1n) is 8.69. The number of hydrogen-bond acceptors (Lipinski definition) is 2. The van der Waals surface area contributed by atoms with Gasteiger partial charge in [0.1, 0.15) is 0 Å². The van der Waals surface area contributed by atoms with E-state index < -0.39 is 0 Å². The van der Waals surface area contributed by atoms with E-state index in [0.29, 0.717) is 5.41 Å². The first kappa shape index (κ1) is 16.5. The van der Waals surface area contributed by atoms with E-state index in [1.54, 1.807) is 0 Å². The number of aromatic nitrogens is 2. The third-order valence-electron chi connectivity index (χ3n) is 5.09. The van der Waals surface area contributed by atoms with Crippen molar-refractivity contribution in [1.29, 1.82) is 0 Å². The van der Waals surface area contributed by atoms with E-state index in [2.05, 4.69) is 55.8 Å². The van der Waals surface area contributed by atoms with Crippen LogP contribution in [-0.4, -0.2) is 22.9 Å². The number of aryl methyl sites for hydroxylation is 2. The monoisotopic (exact) mass is 291 g/mol. The van der Waals surface area contributed by atoms with Gasteiger partial charge in [-0.05, 0) is 75.9 Å². The molecule has 2 rings (SSSR count). The Balaban J connectivity index is 2.11. The lowest BCUT2D eigenvalue weighted by Gasteiger charge is -2.41. The minimum atomic E-state index is 0.499. The fourth-order valence-electron chi connectivity index (χ4n) is 3.93. The molecule has 1 N–H and O–H groups in total. The summed E-state index contributed by atoms with van der Waals surface area (Å²) >= 11 is 0. The molecule has 0 aliphatic heterocycles. The Morgan fingerprint density at radius 1 is 1.33 bits per heavy atom. The molecule has 0 aromatic carbocycles. The molecule has 1 aliphatic carbocycles. The molecule has 120 valence electrons. The van der Waals surface area contributed by atoms with E-state index in [9.17, 15) is 0 Å². The zero-order chi connectivity index (χ0) is 15.5. The zero-order valence-corrected chi connectivity index (χ0v) is 14.6. The molecule has 1 heterocycles. The molecule has 3 heteroatoms. The summed E-state index contributed by atoms with van der Waals surface area (Å²) in [6.07, 6.45) is 5.26. The number of rotatable bonds is 6. The summed E-state index contributed by atoms with van der Waals surface area (Å²) in [5.74, 6) is 1.60. The van der Waals surface area contributed by atoms with Gasteiger partial charge in [0.2, 0.25) is 0 Å². The molecule has 1 saturated carbocycles. The minimum absolute atomic E-state index is 0.499. The molecular formula is C18H33N3. The lowest BCUT2D eigenvalue weighted by atomic mass is 9.66. The van der Waals surface area contributed by atoms with Gasteiger partial charge in [-0.2, -0.15) is 5.10 Å². The maximum Gasteiger partial charge on any atom is 0.0596 e. The first-order valence-corrected chi connectivity index (χ1v) is 8.69. The summed E-state index contributed by atoms with van der Waals surface area (Å²) < 4.78 is 2.20. The van der Waals surface area contributed by atoms with Crippen LogP contribution in [0.15, 0.2) is 6.07 Å². The predicted molar refractivity (Wildman–Crippen MR) is 89.5 cm³/mol. The van der Waals surface area contributed by atoms with Gasteiger partial charge in [0.25, 0.3) is 0 Å². The lowest BCUT2D eigenvalue weighted by molar-refractivity contribution is 0.115. The number of nitrogens with zero attached hydrogens (tertiary/aromatic N) is 2. The van der Waals surface area contributed by atoms with E-state index in [-0.39, 0.29) is 0 Å². The van der Waals surface area contributed by atoms with E-state index in [0.717, 1.165) is 30.6 Å². The molecule has 0 bridgehead atoms. The van der Waals surface area contributed by atoms with Crippen molar-refractivity contribution in [3.05, 3.63) is 17.5 Å². The fourth-order valence-corrected chi connectivity index (χ4v) is 3.93. The Bertz CT molecular complexity index is 447. The molecule has 0 amide bonds. The molecule has 1 fully saturated rings. The van der Waals surface area contributed by atoms with Gasteiger partial charge < -0.3 is 5.32 Å². The van der Waals surface area contributed by atoms with Crippen LogP contribution in [0.4, 0.5) is 0 Å². The maximum absolute atomic E-state index is 4.62. The van der Waals surface area contributed by atoms with Crippen LogP contribution in [0, 0.1) is 24.2 Å². The molecule has 2 unspecified atom stereocenters. The standard InChI is InChI=1S/C18H33N3/c1-6-19-13-15-8-9-18(4,5)12-16(15)11-17-10-14(3)20-21(17)7-2/h10,15-16,19H,6-9,11-13H2,1-5H3. The van der Waals surface area contributed by atoms with E-state index in [1.165, 1.54) is 37.9 Å². The highest BCUT2D eigenvalue weighted by atomic mass is 15.3. The molecule has 21 heavy (non-hydrogen) atoms. The first-order chi connectivity index (χ1) is 9.95. The molecular weight excluding hydrogens is 258 g/mol. The molecule has 1 aliphatic rings. The topological polar surface area (TPSA) is 29.9 Å². The normalized spacial score (nSPS) is 25.2. The van der Waals surface area contributed by atoms with E-state index in [1.807, 2.05) is 0 Å². The van der Waals surface area contributed by atoms with Crippen molar-refractivity contribution in [2.45, 2.75) is 66.8 Å². The quantitative estimate of drug-likeness (QED) is 0.864. The van der Waals surface area contributed by atoms with Gasteiger partial charge in [-0.3, -0.25) is 4.68 Å². The van der Waals surface area contributed by atoms with Crippen molar-refractivity contribution in [2.24, 2.45) is 17.3 Å². The van der Waals surface area contributed by atoms with Gasteiger partial charge in [-0.25, -0.2) is 0 Å². The van der Waals surface area contributed by atoms with Gasteiger partial charge in [0, 0.05) is 12.2 Å². The van der Waals surface area contributed by atoms with Crippen LogP contribution in [0.5, 0.6) is 0 Å². The summed E-state index contributed by atoms with van der Waals surface area (Å²) in [7, 11) is 0. The largest absolute Gasteiger partial charge is 0.317 e. The van der Waals surface area contributed by atoms with Crippen molar-refractivity contribution in [3.8, 4) is 0 Å². The predicted octanol–water partition coefficient (Wildman–Crippen LogP) is 3.81. The van der Waals surface area contributed by atoms with Crippen LogP contribution >= 0.6 is 0 Å². The smallest absolute Gasteiger partial charge is 0.0596 e. The second-order valence-corrected chi connectivity index (χ2v) is 7.53. The van der Waals surface area contributed by atoms with Crippen molar-refractivity contribution in [2.75, 3.05) is 13.1 Å². The van der Waals surface area contributed by atoms with Crippen molar-refractivity contribution in [1.82, 2.24) is 15.1 Å². The third kappa shape index (κ3) is 4.32. The van der Waals surface area contributed by atoms with Crippen LogP contribution in [0.2, 0.25) is 0 Å². The second kappa shape index (κ2) is 6.95. The zero-order valence-electron chi connectivity index (χ0n) is 14.6. The summed E-state index contributed by atoms with van der Waals surface area (Å²) in [5.41, 5.74) is 3.09. The lowest BCUT2D eigenvalue weighted by Crippen LogP contribution is -2.37.